The van der Waals surface area contributed by atoms with E-state index in [1.807, 2.05) is 0 Å². The number of rotatable bonds is 6. The Kier molecular flexibility index (Phi) is 5.44. The Labute approximate surface area is 161 Å². The van der Waals surface area contributed by atoms with E-state index in [1.54, 1.807) is 13.8 Å². The van der Waals surface area contributed by atoms with Crippen molar-refractivity contribution in [1.29, 1.82) is 0 Å². The van der Waals surface area contributed by atoms with Gasteiger partial charge in [-0.1, -0.05) is 0 Å². The lowest BCUT2D eigenvalue weighted by Crippen LogP contribution is -2.36. The number of aromatic nitrogens is 2. The first-order chi connectivity index (χ1) is 13.4. The third-order valence-corrected chi connectivity index (χ3v) is 4.19. The summed E-state index contributed by atoms with van der Waals surface area (Å²) in [6, 6.07) is 4.15. The van der Waals surface area contributed by atoms with Gasteiger partial charge < -0.3 is 10.6 Å². The van der Waals surface area contributed by atoms with Gasteiger partial charge in [0.15, 0.2) is 0 Å². The molecule has 1 aromatic carbocycles. The van der Waals surface area contributed by atoms with Crippen molar-refractivity contribution in [3.8, 4) is 0 Å². The molecule has 1 aliphatic rings. The first kappa shape index (κ1) is 19.2. The lowest BCUT2D eigenvalue weighted by Gasteiger charge is -2.17. The molecule has 3 rings (SSSR count). The second-order valence-corrected chi connectivity index (χ2v) is 6.44. The zero-order valence-electron chi connectivity index (χ0n) is 15.4. The maximum atomic E-state index is 12.4. The summed E-state index contributed by atoms with van der Waals surface area (Å²) < 4.78 is 0. The third-order valence-electron chi connectivity index (χ3n) is 4.19. The molecular formula is C19H19N5O4. The zero-order valence-corrected chi connectivity index (χ0v) is 15.4. The lowest BCUT2D eigenvalue weighted by molar-refractivity contribution is 0.0608. The summed E-state index contributed by atoms with van der Waals surface area (Å²) in [5.41, 5.74) is 0.977. The van der Waals surface area contributed by atoms with Crippen molar-refractivity contribution in [1.82, 2.24) is 25.5 Å². The number of imide groups is 1. The molecule has 0 bridgehead atoms. The van der Waals surface area contributed by atoms with Crippen molar-refractivity contribution in [3.63, 3.8) is 0 Å². The average molecular weight is 381 g/mol. The fourth-order valence-electron chi connectivity index (χ4n) is 2.83. The summed E-state index contributed by atoms with van der Waals surface area (Å²) in [7, 11) is 0. The van der Waals surface area contributed by atoms with Gasteiger partial charge in [0.25, 0.3) is 23.6 Å². The van der Waals surface area contributed by atoms with Gasteiger partial charge in [-0.3, -0.25) is 29.1 Å². The number of nitrogens with zero attached hydrogens (tertiary/aromatic N) is 3. The van der Waals surface area contributed by atoms with E-state index in [1.165, 1.54) is 41.7 Å². The Morgan fingerprint density at radius 3 is 2.32 bits per heavy atom. The molecule has 2 aromatic rings. The first-order valence-corrected chi connectivity index (χ1v) is 8.74. The second-order valence-electron chi connectivity index (χ2n) is 6.44. The molecule has 1 aromatic heterocycles. The molecule has 2 N–H and O–H groups in total. The highest BCUT2D eigenvalue weighted by Crippen LogP contribution is 2.25. The van der Waals surface area contributed by atoms with Crippen LogP contribution in [0.3, 0.4) is 0 Å². The summed E-state index contributed by atoms with van der Waals surface area (Å²) >= 11 is 0. The van der Waals surface area contributed by atoms with Crippen molar-refractivity contribution < 1.29 is 19.2 Å². The molecule has 28 heavy (non-hydrogen) atoms. The molecule has 4 amide bonds. The molecule has 0 fully saturated rings. The molecular weight excluding hydrogens is 362 g/mol. The van der Waals surface area contributed by atoms with Gasteiger partial charge >= 0.3 is 0 Å². The monoisotopic (exact) mass is 381 g/mol. The Bertz CT molecular complexity index is 943. The Hall–Kier alpha value is -3.62. The Morgan fingerprint density at radius 2 is 1.68 bits per heavy atom. The van der Waals surface area contributed by atoms with Crippen LogP contribution in [0.15, 0.2) is 36.8 Å². The van der Waals surface area contributed by atoms with Gasteiger partial charge in [-0.25, -0.2) is 4.98 Å². The van der Waals surface area contributed by atoms with E-state index in [0.29, 0.717) is 5.56 Å². The van der Waals surface area contributed by atoms with Crippen molar-refractivity contribution in [2.75, 3.05) is 13.1 Å². The number of fused-ring (bicyclic) bond motifs is 1. The normalized spacial score (nSPS) is 12.9. The number of carbonyl (C=O) groups excluding carboxylic acids is 4. The average Bonchev–Trinajstić information content (AvgIpc) is 2.95. The largest absolute Gasteiger partial charge is 0.350 e. The summed E-state index contributed by atoms with van der Waals surface area (Å²) in [6.45, 7) is 3.90. The fourth-order valence-corrected chi connectivity index (χ4v) is 2.83. The van der Waals surface area contributed by atoms with Crippen LogP contribution >= 0.6 is 0 Å². The molecule has 9 heteroatoms. The molecule has 9 nitrogen and oxygen atoms in total. The van der Waals surface area contributed by atoms with Gasteiger partial charge in [0.05, 0.1) is 17.3 Å². The van der Waals surface area contributed by atoms with Crippen LogP contribution in [0.2, 0.25) is 0 Å². The van der Waals surface area contributed by atoms with E-state index in [4.69, 9.17) is 0 Å². The third kappa shape index (κ3) is 3.73. The molecule has 1 aliphatic heterocycles. The Morgan fingerprint density at radius 1 is 1.00 bits per heavy atom. The van der Waals surface area contributed by atoms with Crippen LogP contribution in [-0.4, -0.2) is 57.6 Å². The molecule has 0 saturated carbocycles. The second kappa shape index (κ2) is 7.95. The standard InChI is InChI=1S/C19H19N5O4/c1-11(2)24-18(27)13-4-3-12(9-14(13)19(24)28)16(25)22-7-8-23-17(26)15-10-20-5-6-21-15/h3-6,9-11H,7-8H2,1-2H3,(H,22,25)(H,23,26). The number of carbonyl (C=O) groups is 4. The van der Waals surface area contributed by atoms with Crippen molar-refractivity contribution in [2.24, 2.45) is 0 Å². The van der Waals surface area contributed by atoms with Gasteiger partial charge in [0, 0.05) is 37.1 Å². The van der Waals surface area contributed by atoms with Gasteiger partial charge in [-0.15, -0.1) is 0 Å². The van der Waals surface area contributed by atoms with E-state index in [-0.39, 0.29) is 41.9 Å². The van der Waals surface area contributed by atoms with E-state index < -0.39 is 17.7 Å². The molecule has 0 spiro atoms. The van der Waals surface area contributed by atoms with E-state index in [9.17, 15) is 19.2 Å². The maximum Gasteiger partial charge on any atom is 0.271 e. The van der Waals surface area contributed by atoms with E-state index in [2.05, 4.69) is 20.6 Å². The highest BCUT2D eigenvalue weighted by atomic mass is 16.2. The SMILES string of the molecule is CC(C)N1C(=O)c2ccc(C(=O)NCCNC(=O)c3cnccn3)cc2C1=O. The topological polar surface area (TPSA) is 121 Å². The number of benzene rings is 1. The minimum atomic E-state index is -0.403. The van der Waals surface area contributed by atoms with Crippen molar-refractivity contribution >= 4 is 23.6 Å². The van der Waals surface area contributed by atoms with Crippen molar-refractivity contribution in [3.05, 3.63) is 59.2 Å². The molecule has 0 saturated heterocycles. The summed E-state index contributed by atoms with van der Waals surface area (Å²) in [4.78, 5) is 57.7. The van der Waals surface area contributed by atoms with Gasteiger partial charge in [-0.2, -0.15) is 0 Å². The van der Waals surface area contributed by atoms with Crippen LogP contribution < -0.4 is 10.6 Å². The summed E-state index contributed by atoms with van der Waals surface area (Å²) in [5.74, 6) is -1.55. The number of hydrogen-bond acceptors (Lipinski definition) is 6. The van der Waals surface area contributed by atoms with Crippen molar-refractivity contribution in [2.45, 2.75) is 19.9 Å². The predicted octanol–water partition coefficient (Wildman–Crippen LogP) is 0.641. The summed E-state index contributed by atoms with van der Waals surface area (Å²) in [5, 5.41) is 5.27. The zero-order chi connectivity index (χ0) is 20.3. The van der Waals surface area contributed by atoms with E-state index in [0.717, 1.165) is 0 Å². The smallest absolute Gasteiger partial charge is 0.271 e. The van der Waals surface area contributed by atoms with Crippen LogP contribution in [0.1, 0.15) is 55.4 Å². The van der Waals surface area contributed by atoms with Crippen LogP contribution in [0.5, 0.6) is 0 Å². The number of amides is 4. The minimum absolute atomic E-state index is 0.185. The number of hydrogen-bond donors (Lipinski definition) is 2. The van der Waals surface area contributed by atoms with Crippen LogP contribution in [0.25, 0.3) is 0 Å². The lowest BCUT2D eigenvalue weighted by atomic mass is 10.1. The molecule has 144 valence electrons. The quantitative estimate of drug-likeness (QED) is 0.559. The van der Waals surface area contributed by atoms with Gasteiger partial charge in [-0.05, 0) is 32.0 Å². The van der Waals surface area contributed by atoms with Gasteiger partial charge in [0.1, 0.15) is 5.69 Å². The minimum Gasteiger partial charge on any atom is -0.350 e. The Balaban J connectivity index is 1.57. The molecule has 2 heterocycles. The highest BCUT2D eigenvalue weighted by molar-refractivity contribution is 6.22. The molecule has 0 radical (unpaired) electrons. The molecule has 0 unspecified atom stereocenters. The van der Waals surface area contributed by atoms with E-state index >= 15 is 0 Å². The maximum absolute atomic E-state index is 12.4. The number of nitrogens with one attached hydrogen (secondary N) is 2. The molecule has 0 atom stereocenters. The van der Waals surface area contributed by atoms with Gasteiger partial charge in [0.2, 0.25) is 0 Å². The highest BCUT2D eigenvalue weighted by Gasteiger charge is 2.37. The van der Waals surface area contributed by atoms with Crippen LogP contribution in [0, 0.1) is 0 Å². The van der Waals surface area contributed by atoms with Crippen LogP contribution in [-0.2, 0) is 0 Å². The first-order valence-electron chi connectivity index (χ1n) is 8.74. The fraction of sp³-hybridized carbons (Fsp3) is 0.263. The molecule has 0 aliphatic carbocycles. The predicted molar refractivity (Wildman–Crippen MR) is 98.8 cm³/mol. The summed E-state index contributed by atoms with van der Waals surface area (Å²) in [6.07, 6.45) is 4.22. The van der Waals surface area contributed by atoms with Crippen LogP contribution in [0.4, 0.5) is 0 Å².